The molecule has 0 aromatic heterocycles. The summed E-state index contributed by atoms with van der Waals surface area (Å²) in [5, 5.41) is 3.04. The number of amides is 2. The third-order valence-corrected chi connectivity index (χ3v) is 4.54. The van der Waals surface area contributed by atoms with Crippen LogP contribution >= 0.6 is 0 Å². The number of rotatable bonds is 5. The van der Waals surface area contributed by atoms with Gasteiger partial charge in [-0.2, -0.15) is 0 Å². The summed E-state index contributed by atoms with van der Waals surface area (Å²) in [6, 6.07) is 15.6. The van der Waals surface area contributed by atoms with Crippen molar-refractivity contribution in [2.75, 3.05) is 13.1 Å². The van der Waals surface area contributed by atoms with Crippen molar-refractivity contribution in [2.45, 2.75) is 32.7 Å². The van der Waals surface area contributed by atoms with Gasteiger partial charge in [0.15, 0.2) is 0 Å². The molecule has 0 radical (unpaired) electrons. The minimum atomic E-state index is -0.117. The highest BCUT2D eigenvalue weighted by Gasteiger charge is 2.30. The molecule has 1 saturated heterocycles. The molecule has 1 atom stereocenters. The van der Waals surface area contributed by atoms with Gasteiger partial charge in [0.1, 0.15) is 0 Å². The zero-order chi connectivity index (χ0) is 17.8. The van der Waals surface area contributed by atoms with Crippen LogP contribution in [0, 0.1) is 6.92 Å². The highest BCUT2D eigenvalue weighted by atomic mass is 16.2. The van der Waals surface area contributed by atoms with Crippen LogP contribution in [-0.2, 0) is 4.79 Å². The van der Waals surface area contributed by atoms with Gasteiger partial charge < -0.3 is 10.2 Å². The summed E-state index contributed by atoms with van der Waals surface area (Å²) >= 11 is 0. The Kier molecular flexibility index (Phi) is 5.17. The van der Waals surface area contributed by atoms with Crippen molar-refractivity contribution >= 4 is 11.8 Å². The van der Waals surface area contributed by atoms with E-state index in [1.165, 1.54) is 0 Å². The number of nitrogens with zero attached hydrogens (tertiary/aromatic N) is 1. The molecule has 25 heavy (non-hydrogen) atoms. The molecule has 2 aromatic carbocycles. The van der Waals surface area contributed by atoms with Crippen LogP contribution in [0.4, 0.5) is 0 Å². The monoisotopic (exact) mass is 336 g/mol. The first-order valence-corrected chi connectivity index (χ1v) is 8.83. The number of hydrogen-bond donors (Lipinski definition) is 1. The Bertz CT molecular complexity index is 785. The molecule has 2 amide bonds. The maximum atomic E-state index is 12.8. The van der Waals surface area contributed by atoms with Crippen molar-refractivity contribution in [3.05, 3.63) is 59.7 Å². The van der Waals surface area contributed by atoms with E-state index >= 15 is 0 Å². The lowest BCUT2D eigenvalue weighted by Crippen LogP contribution is -2.37. The number of benzene rings is 2. The van der Waals surface area contributed by atoms with E-state index in [1.54, 1.807) is 0 Å². The highest BCUT2D eigenvalue weighted by molar-refractivity contribution is 6.01. The van der Waals surface area contributed by atoms with E-state index in [0.717, 1.165) is 29.7 Å². The number of carbonyl (C=O) groups is 2. The largest absolute Gasteiger partial charge is 0.347 e. The standard InChI is InChI=1S/C21H24N2O2/c1-3-11-23-14-17(13-20(23)24)22-21(25)19-10-5-4-9-18(19)16-8-6-7-15(2)12-16/h4-10,12,17H,3,11,13-14H2,1-2H3,(H,22,25)/t17-/m1/s1. The van der Waals surface area contributed by atoms with Crippen molar-refractivity contribution in [3.8, 4) is 11.1 Å². The molecule has 2 aromatic rings. The van der Waals surface area contributed by atoms with Gasteiger partial charge >= 0.3 is 0 Å². The van der Waals surface area contributed by atoms with Crippen LogP contribution < -0.4 is 5.32 Å². The normalized spacial score (nSPS) is 17.0. The Labute approximate surface area is 148 Å². The topological polar surface area (TPSA) is 49.4 Å². The van der Waals surface area contributed by atoms with Gasteiger partial charge in [-0.05, 0) is 30.5 Å². The molecule has 0 spiro atoms. The average molecular weight is 336 g/mol. The second-order valence-electron chi connectivity index (χ2n) is 6.63. The molecule has 130 valence electrons. The molecule has 4 nitrogen and oxygen atoms in total. The lowest BCUT2D eigenvalue weighted by molar-refractivity contribution is -0.127. The fourth-order valence-electron chi connectivity index (χ4n) is 3.36. The summed E-state index contributed by atoms with van der Waals surface area (Å²) in [5.41, 5.74) is 3.75. The lowest BCUT2D eigenvalue weighted by Gasteiger charge is -2.17. The first kappa shape index (κ1) is 17.2. The minimum absolute atomic E-state index is 0.114. The molecule has 4 heteroatoms. The quantitative estimate of drug-likeness (QED) is 0.910. The molecule has 1 fully saturated rings. The van der Waals surface area contributed by atoms with Crippen LogP contribution in [-0.4, -0.2) is 35.8 Å². The van der Waals surface area contributed by atoms with E-state index in [2.05, 4.69) is 18.3 Å². The fourth-order valence-corrected chi connectivity index (χ4v) is 3.36. The van der Waals surface area contributed by atoms with Crippen LogP contribution in [0.5, 0.6) is 0 Å². The third kappa shape index (κ3) is 3.90. The zero-order valence-electron chi connectivity index (χ0n) is 14.8. The Balaban J connectivity index is 1.79. The van der Waals surface area contributed by atoms with Crippen molar-refractivity contribution in [1.29, 1.82) is 0 Å². The van der Waals surface area contributed by atoms with Crippen LogP contribution in [0.2, 0.25) is 0 Å². The first-order chi connectivity index (χ1) is 12.1. The average Bonchev–Trinajstić information content (AvgIpc) is 2.94. The predicted octanol–water partition coefficient (Wildman–Crippen LogP) is 3.40. The van der Waals surface area contributed by atoms with Gasteiger partial charge in [0.25, 0.3) is 5.91 Å². The summed E-state index contributed by atoms with van der Waals surface area (Å²) in [6.07, 6.45) is 1.32. The van der Waals surface area contributed by atoms with Gasteiger partial charge in [-0.3, -0.25) is 9.59 Å². The van der Waals surface area contributed by atoms with E-state index in [1.807, 2.05) is 54.3 Å². The molecular weight excluding hydrogens is 312 g/mol. The molecule has 0 aliphatic carbocycles. The number of hydrogen-bond acceptors (Lipinski definition) is 2. The van der Waals surface area contributed by atoms with Crippen LogP contribution in [0.1, 0.15) is 35.7 Å². The maximum Gasteiger partial charge on any atom is 0.252 e. The SMILES string of the molecule is CCCN1C[C@H](NC(=O)c2ccccc2-c2cccc(C)c2)CC1=O. The van der Waals surface area contributed by atoms with Crippen molar-refractivity contribution in [1.82, 2.24) is 10.2 Å². The molecule has 1 aliphatic heterocycles. The molecule has 0 saturated carbocycles. The fraction of sp³-hybridized carbons (Fsp3) is 0.333. The summed E-state index contributed by atoms with van der Waals surface area (Å²) < 4.78 is 0. The molecule has 1 aliphatic rings. The molecule has 0 unspecified atom stereocenters. The molecule has 1 heterocycles. The minimum Gasteiger partial charge on any atom is -0.347 e. The first-order valence-electron chi connectivity index (χ1n) is 8.83. The molecular formula is C21H24N2O2. The van der Waals surface area contributed by atoms with Crippen molar-refractivity contribution in [3.63, 3.8) is 0 Å². The van der Waals surface area contributed by atoms with E-state index in [-0.39, 0.29) is 17.9 Å². The van der Waals surface area contributed by atoms with E-state index in [4.69, 9.17) is 0 Å². The van der Waals surface area contributed by atoms with Gasteiger partial charge in [0, 0.05) is 25.1 Å². The number of nitrogens with one attached hydrogen (secondary N) is 1. The lowest BCUT2D eigenvalue weighted by atomic mass is 9.97. The Hall–Kier alpha value is -2.62. The van der Waals surface area contributed by atoms with Crippen molar-refractivity contribution < 1.29 is 9.59 Å². The Morgan fingerprint density at radius 1 is 1.20 bits per heavy atom. The summed E-state index contributed by atoms with van der Waals surface area (Å²) in [7, 11) is 0. The highest BCUT2D eigenvalue weighted by Crippen LogP contribution is 2.25. The number of aryl methyl sites for hydroxylation is 1. The number of carbonyl (C=O) groups excluding carboxylic acids is 2. The van der Waals surface area contributed by atoms with Gasteiger partial charge in [-0.15, -0.1) is 0 Å². The third-order valence-electron chi connectivity index (χ3n) is 4.54. The second kappa shape index (κ2) is 7.51. The molecule has 1 N–H and O–H groups in total. The molecule has 3 rings (SSSR count). The van der Waals surface area contributed by atoms with Gasteiger partial charge in [0.2, 0.25) is 5.91 Å². The molecule has 0 bridgehead atoms. The smallest absolute Gasteiger partial charge is 0.252 e. The summed E-state index contributed by atoms with van der Waals surface area (Å²) in [6.45, 7) is 5.45. The van der Waals surface area contributed by atoms with Crippen LogP contribution in [0.15, 0.2) is 48.5 Å². The second-order valence-corrected chi connectivity index (χ2v) is 6.63. The summed E-state index contributed by atoms with van der Waals surface area (Å²) in [5.74, 6) is 0.00683. The van der Waals surface area contributed by atoms with Gasteiger partial charge in [-0.1, -0.05) is 55.0 Å². The predicted molar refractivity (Wildman–Crippen MR) is 99.4 cm³/mol. The van der Waals surface area contributed by atoms with Crippen LogP contribution in [0.3, 0.4) is 0 Å². The van der Waals surface area contributed by atoms with Crippen molar-refractivity contribution in [2.24, 2.45) is 0 Å². The van der Waals surface area contributed by atoms with E-state index in [9.17, 15) is 9.59 Å². The van der Waals surface area contributed by atoms with Gasteiger partial charge in [-0.25, -0.2) is 0 Å². The Morgan fingerprint density at radius 3 is 2.76 bits per heavy atom. The zero-order valence-corrected chi connectivity index (χ0v) is 14.8. The maximum absolute atomic E-state index is 12.8. The Morgan fingerprint density at radius 2 is 2.00 bits per heavy atom. The van der Waals surface area contributed by atoms with E-state index in [0.29, 0.717) is 18.5 Å². The van der Waals surface area contributed by atoms with E-state index < -0.39 is 0 Å². The number of likely N-dealkylation sites (tertiary alicyclic amines) is 1. The summed E-state index contributed by atoms with van der Waals surface area (Å²) in [4.78, 5) is 26.6. The van der Waals surface area contributed by atoms with Gasteiger partial charge in [0.05, 0.1) is 6.04 Å². The van der Waals surface area contributed by atoms with Crippen LogP contribution in [0.25, 0.3) is 11.1 Å².